The summed E-state index contributed by atoms with van der Waals surface area (Å²) in [7, 11) is -3.40. The van der Waals surface area contributed by atoms with E-state index in [9.17, 15) is 13.2 Å². The molecular formula is C20H22Cl2N4O3S. The molecule has 2 aliphatic rings. The average Bonchev–Trinajstić information content (AvgIpc) is 3.07. The molecule has 1 amide bonds. The average molecular weight is 469 g/mol. The number of hydrogen-bond donors (Lipinski definition) is 1. The predicted octanol–water partition coefficient (Wildman–Crippen LogP) is 4.17. The van der Waals surface area contributed by atoms with Crippen molar-refractivity contribution in [3.05, 3.63) is 46.1 Å². The largest absolute Gasteiger partial charge is 0.371 e. The number of hydrogen-bond acceptors (Lipinski definition) is 5. The minimum absolute atomic E-state index is 0.0701. The van der Waals surface area contributed by atoms with E-state index in [2.05, 4.69) is 15.2 Å². The van der Waals surface area contributed by atoms with Crippen LogP contribution in [0.5, 0.6) is 0 Å². The van der Waals surface area contributed by atoms with E-state index in [4.69, 9.17) is 23.2 Å². The van der Waals surface area contributed by atoms with Gasteiger partial charge in [-0.25, -0.2) is 13.4 Å². The Morgan fingerprint density at radius 3 is 2.47 bits per heavy atom. The van der Waals surface area contributed by atoms with E-state index < -0.39 is 15.9 Å². The number of halogens is 2. The Morgan fingerprint density at radius 1 is 1.00 bits per heavy atom. The highest BCUT2D eigenvalue weighted by Gasteiger charge is 2.30. The molecule has 7 nitrogen and oxygen atoms in total. The highest BCUT2D eigenvalue weighted by Crippen LogP contribution is 2.30. The molecule has 2 aliphatic heterocycles. The summed E-state index contributed by atoms with van der Waals surface area (Å²) in [5.41, 5.74) is 1.67. The van der Waals surface area contributed by atoms with Crippen molar-refractivity contribution < 1.29 is 13.2 Å². The second kappa shape index (κ2) is 8.61. The molecule has 4 rings (SSSR count). The quantitative estimate of drug-likeness (QED) is 0.727. The monoisotopic (exact) mass is 468 g/mol. The summed E-state index contributed by atoms with van der Waals surface area (Å²) in [6, 6.07) is 6.86. The molecule has 3 heterocycles. The molecule has 0 aliphatic carbocycles. The number of aromatic nitrogens is 1. The highest BCUT2D eigenvalue weighted by atomic mass is 35.5. The smallest absolute Gasteiger partial charge is 0.257 e. The predicted molar refractivity (Wildman–Crippen MR) is 120 cm³/mol. The van der Waals surface area contributed by atoms with Crippen LogP contribution < -0.4 is 14.5 Å². The van der Waals surface area contributed by atoms with Gasteiger partial charge in [0.25, 0.3) is 5.91 Å². The number of amides is 1. The van der Waals surface area contributed by atoms with E-state index >= 15 is 0 Å². The fraction of sp³-hybridized carbons (Fsp3) is 0.400. The summed E-state index contributed by atoms with van der Waals surface area (Å²) in [6.45, 7) is 2.25. The molecule has 0 atom stereocenters. The van der Waals surface area contributed by atoms with Crippen LogP contribution in [0.15, 0.2) is 30.5 Å². The molecular weight excluding hydrogens is 447 g/mol. The maximum absolute atomic E-state index is 12.9. The van der Waals surface area contributed by atoms with Crippen molar-refractivity contribution in [3.8, 4) is 0 Å². The summed E-state index contributed by atoms with van der Waals surface area (Å²) < 4.78 is 25.6. The van der Waals surface area contributed by atoms with E-state index in [1.54, 1.807) is 6.07 Å². The molecule has 0 unspecified atom stereocenters. The van der Waals surface area contributed by atoms with Crippen molar-refractivity contribution in [2.75, 3.05) is 39.9 Å². The molecule has 10 heteroatoms. The standard InChI is InChI=1S/C20H22Cl2N4O3S/c21-14-9-15(11-16(10-14)25-5-2-1-3-6-25)24-20(27)17-12-19(23-13-18(17)22)26-7-4-8-30(26,28)29/h9-13H,1-8H2,(H,24,27). The van der Waals surface area contributed by atoms with Gasteiger partial charge in [-0.1, -0.05) is 23.2 Å². The van der Waals surface area contributed by atoms with Crippen LogP contribution in [-0.4, -0.2) is 44.7 Å². The molecule has 1 N–H and O–H groups in total. The van der Waals surface area contributed by atoms with Gasteiger partial charge < -0.3 is 10.2 Å². The number of piperidine rings is 1. The number of rotatable bonds is 4. The van der Waals surface area contributed by atoms with Crippen molar-refractivity contribution in [2.24, 2.45) is 0 Å². The van der Waals surface area contributed by atoms with Gasteiger partial charge in [0.2, 0.25) is 10.0 Å². The summed E-state index contributed by atoms with van der Waals surface area (Å²) in [6.07, 6.45) is 5.30. The summed E-state index contributed by atoms with van der Waals surface area (Å²) in [4.78, 5) is 19.3. The Bertz CT molecular complexity index is 1070. The van der Waals surface area contributed by atoms with Crippen molar-refractivity contribution in [1.82, 2.24) is 4.98 Å². The zero-order chi connectivity index (χ0) is 21.3. The summed E-state index contributed by atoms with van der Waals surface area (Å²) >= 11 is 12.5. The summed E-state index contributed by atoms with van der Waals surface area (Å²) in [5, 5.41) is 3.50. The van der Waals surface area contributed by atoms with Gasteiger partial charge in [0, 0.05) is 42.2 Å². The van der Waals surface area contributed by atoms with Crippen molar-refractivity contribution in [1.29, 1.82) is 0 Å². The summed E-state index contributed by atoms with van der Waals surface area (Å²) in [5.74, 6) is -0.185. The lowest BCUT2D eigenvalue weighted by Crippen LogP contribution is -2.29. The second-order valence-electron chi connectivity index (χ2n) is 7.46. The van der Waals surface area contributed by atoms with Gasteiger partial charge >= 0.3 is 0 Å². The topological polar surface area (TPSA) is 82.6 Å². The Balaban J connectivity index is 1.58. The Hall–Kier alpha value is -2.03. The van der Waals surface area contributed by atoms with Crippen LogP contribution in [0.3, 0.4) is 0 Å². The van der Waals surface area contributed by atoms with Gasteiger partial charge in [-0.3, -0.25) is 9.10 Å². The van der Waals surface area contributed by atoms with Crippen LogP contribution in [0.25, 0.3) is 0 Å². The van der Waals surface area contributed by atoms with E-state index in [1.807, 2.05) is 12.1 Å². The second-order valence-corrected chi connectivity index (χ2v) is 10.3. The first-order chi connectivity index (χ1) is 14.3. The molecule has 0 radical (unpaired) electrons. The molecule has 1 aromatic carbocycles. The Kier molecular flexibility index (Phi) is 6.09. The van der Waals surface area contributed by atoms with Crippen LogP contribution in [0, 0.1) is 0 Å². The number of nitrogens with one attached hydrogen (secondary N) is 1. The van der Waals surface area contributed by atoms with Crippen molar-refractivity contribution >= 4 is 56.3 Å². The first-order valence-electron chi connectivity index (χ1n) is 9.86. The fourth-order valence-electron chi connectivity index (χ4n) is 3.81. The number of pyridine rings is 1. The zero-order valence-corrected chi connectivity index (χ0v) is 18.6. The number of anilines is 3. The maximum Gasteiger partial charge on any atom is 0.257 e. The van der Waals surface area contributed by atoms with E-state index in [0.29, 0.717) is 23.7 Å². The lowest BCUT2D eigenvalue weighted by atomic mass is 10.1. The third-order valence-corrected chi connectivity index (χ3v) is 7.67. The molecule has 2 aromatic rings. The molecule has 0 saturated carbocycles. The van der Waals surface area contributed by atoms with Gasteiger partial charge in [0.15, 0.2) is 0 Å². The molecule has 30 heavy (non-hydrogen) atoms. The minimum atomic E-state index is -3.40. The van der Waals surface area contributed by atoms with Crippen LogP contribution in [-0.2, 0) is 10.0 Å². The van der Waals surface area contributed by atoms with E-state index in [1.165, 1.54) is 23.0 Å². The van der Waals surface area contributed by atoms with Gasteiger partial charge in [-0.05, 0) is 49.9 Å². The maximum atomic E-state index is 12.9. The fourth-order valence-corrected chi connectivity index (χ4v) is 5.74. The molecule has 0 bridgehead atoms. The normalized spacial score (nSPS) is 18.5. The number of nitrogens with zero attached hydrogens (tertiary/aromatic N) is 3. The van der Waals surface area contributed by atoms with Crippen molar-refractivity contribution in [2.45, 2.75) is 25.7 Å². The van der Waals surface area contributed by atoms with Crippen LogP contribution in [0.4, 0.5) is 17.2 Å². The lowest BCUT2D eigenvalue weighted by molar-refractivity contribution is 0.102. The zero-order valence-electron chi connectivity index (χ0n) is 16.3. The Labute approximate surface area is 186 Å². The Morgan fingerprint density at radius 2 is 1.77 bits per heavy atom. The van der Waals surface area contributed by atoms with Crippen molar-refractivity contribution in [3.63, 3.8) is 0 Å². The third-order valence-electron chi connectivity index (χ3n) is 5.30. The van der Waals surface area contributed by atoms with Crippen LogP contribution >= 0.6 is 23.2 Å². The molecule has 2 fully saturated rings. The first kappa shape index (κ1) is 21.2. The number of carbonyl (C=O) groups is 1. The van der Waals surface area contributed by atoms with Crippen LogP contribution in [0.1, 0.15) is 36.0 Å². The first-order valence-corrected chi connectivity index (χ1v) is 12.2. The van der Waals surface area contributed by atoms with Gasteiger partial charge in [0.05, 0.1) is 16.3 Å². The molecule has 1 aromatic heterocycles. The highest BCUT2D eigenvalue weighted by molar-refractivity contribution is 7.93. The molecule has 160 valence electrons. The molecule has 2 saturated heterocycles. The van der Waals surface area contributed by atoms with E-state index in [0.717, 1.165) is 31.6 Å². The molecule has 0 spiro atoms. The lowest BCUT2D eigenvalue weighted by Gasteiger charge is -2.29. The SMILES string of the molecule is O=C(Nc1cc(Cl)cc(N2CCCCC2)c1)c1cc(N2CCCS2(=O)=O)ncc1Cl. The van der Waals surface area contributed by atoms with Crippen LogP contribution in [0.2, 0.25) is 10.0 Å². The van der Waals surface area contributed by atoms with Gasteiger partial charge in [-0.2, -0.15) is 0 Å². The van der Waals surface area contributed by atoms with E-state index in [-0.39, 0.29) is 22.2 Å². The van der Waals surface area contributed by atoms with Gasteiger partial charge in [-0.15, -0.1) is 0 Å². The minimum Gasteiger partial charge on any atom is -0.371 e. The number of sulfonamides is 1. The van der Waals surface area contributed by atoms with Gasteiger partial charge in [0.1, 0.15) is 5.82 Å². The third kappa shape index (κ3) is 4.50. The number of carbonyl (C=O) groups excluding carboxylic acids is 1. The number of benzene rings is 1.